The lowest BCUT2D eigenvalue weighted by atomic mass is 9.99. The minimum atomic E-state index is -0.284. The maximum atomic E-state index is 12.9. The van der Waals surface area contributed by atoms with Crippen LogP contribution in [0.2, 0.25) is 0 Å². The zero-order valence-corrected chi connectivity index (χ0v) is 15.4. The summed E-state index contributed by atoms with van der Waals surface area (Å²) in [6.07, 6.45) is 1.12. The second-order valence-corrected chi connectivity index (χ2v) is 7.09. The molecular weight excluding hydrogens is 346 g/mol. The number of carbonyl (C=O) groups is 2. The summed E-state index contributed by atoms with van der Waals surface area (Å²) in [4.78, 5) is 29.2. The predicted molar refractivity (Wildman–Crippen MR) is 97.1 cm³/mol. The normalized spacial score (nSPS) is 19.7. The second kappa shape index (κ2) is 7.52. The van der Waals surface area contributed by atoms with Crippen molar-refractivity contribution in [3.8, 4) is 0 Å². The van der Waals surface area contributed by atoms with Crippen LogP contribution in [0.1, 0.15) is 33.8 Å². The molecule has 2 aliphatic heterocycles. The van der Waals surface area contributed by atoms with Gasteiger partial charge in [0.15, 0.2) is 5.69 Å². The maximum Gasteiger partial charge on any atom is 0.276 e. The SMILES string of the molecule is Cc1cc(C(=O)N2CCOCC2CC(=O)N2CCc3ccccc3C2)no1. The van der Waals surface area contributed by atoms with E-state index in [0.29, 0.717) is 38.6 Å². The third-order valence-corrected chi connectivity index (χ3v) is 5.23. The van der Waals surface area contributed by atoms with Crippen LogP contribution < -0.4 is 0 Å². The minimum Gasteiger partial charge on any atom is -0.377 e. The smallest absolute Gasteiger partial charge is 0.276 e. The Balaban J connectivity index is 1.44. The van der Waals surface area contributed by atoms with Gasteiger partial charge in [-0.05, 0) is 24.5 Å². The van der Waals surface area contributed by atoms with Gasteiger partial charge >= 0.3 is 0 Å². The topological polar surface area (TPSA) is 75.9 Å². The number of hydrogen-bond acceptors (Lipinski definition) is 5. The van der Waals surface area contributed by atoms with Crippen LogP contribution in [0.25, 0.3) is 0 Å². The molecular formula is C20H23N3O4. The summed E-state index contributed by atoms with van der Waals surface area (Å²) in [7, 11) is 0. The number of fused-ring (bicyclic) bond motifs is 1. The number of rotatable bonds is 3. The molecule has 7 nitrogen and oxygen atoms in total. The Bertz CT molecular complexity index is 847. The highest BCUT2D eigenvalue weighted by Gasteiger charge is 2.33. The molecule has 1 fully saturated rings. The molecule has 1 atom stereocenters. The van der Waals surface area contributed by atoms with Gasteiger partial charge in [0.1, 0.15) is 5.76 Å². The van der Waals surface area contributed by atoms with Gasteiger partial charge in [0, 0.05) is 32.1 Å². The summed E-state index contributed by atoms with van der Waals surface area (Å²) in [6, 6.07) is 9.56. The molecule has 0 spiro atoms. The molecule has 2 aromatic rings. The lowest BCUT2D eigenvalue weighted by Crippen LogP contribution is -2.51. The van der Waals surface area contributed by atoms with Gasteiger partial charge in [0.25, 0.3) is 5.91 Å². The Morgan fingerprint density at radius 3 is 2.81 bits per heavy atom. The molecule has 7 heteroatoms. The molecule has 1 saturated heterocycles. The fourth-order valence-corrected chi connectivity index (χ4v) is 3.74. The number of aromatic nitrogens is 1. The average molecular weight is 369 g/mol. The summed E-state index contributed by atoms with van der Waals surface area (Å²) in [5, 5.41) is 3.82. The lowest BCUT2D eigenvalue weighted by molar-refractivity contribution is -0.134. The largest absolute Gasteiger partial charge is 0.377 e. The van der Waals surface area contributed by atoms with Gasteiger partial charge < -0.3 is 19.1 Å². The highest BCUT2D eigenvalue weighted by molar-refractivity contribution is 5.93. The van der Waals surface area contributed by atoms with Gasteiger partial charge in [0.05, 0.1) is 19.3 Å². The van der Waals surface area contributed by atoms with Gasteiger partial charge in [0.2, 0.25) is 5.91 Å². The van der Waals surface area contributed by atoms with Gasteiger partial charge in [-0.3, -0.25) is 9.59 Å². The highest BCUT2D eigenvalue weighted by Crippen LogP contribution is 2.21. The molecule has 27 heavy (non-hydrogen) atoms. The molecule has 0 radical (unpaired) electrons. The van der Waals surface area contributed by atoms with Crippen molar-refractivity contribution in [2.45, 2.75) is 32.4 Å². The summed E-state index contributed by atoms with van der Waals surface area (Å²) in [5.74, 6) is 0.428. The zero-order chi connectivity index (χ0) is 18.8. The Hall–Kier alpha value is -2.67. The Labute approximate surface area is 157 Å². The number of morpholine rings is 1. The van der Waals surface area contributed by atoms with E-state index < -0.39 is 0 Å². The van der Waals surface area contributed by atoms with E-state index in [1.165, 1.54) is 11.1 Å². The van der Waals surface area contributed by atoms with E-state index in [1.807, 2.05) is 17.0 Å². The standard InChI is InChI=1S/C20H23N3O4/c1-14-10-18(21-27-14)20(25)23-8-9-26-13-17(23)11-19(24)22-7-6-15-4-2-3-5-16(15)12-22/h2-5,10,17H,6-9,11-13H2,1H3. The molecule has 1 aromatic carbocycles. The summed E-state index contributed by atoms with van der Waals surface area (Å²) in [5.41, 5.74) is 2.78. The second-order valence-electron chi connectivity index (χ2n) is 7.09. The molecule has 1 aromatic heterocycles. The molecule has 0 aliphatic carbocycles. The van der Waals surface area contributed by atoms with Gasteiger partial charge in [-0.1, -0.05) is 29.4 Å². The monoisotopic (exact) mass is 369 g/mol. The molecule has 1 unspecified atom stereocenters. The molecule has 2 amide bonds. The van der Waals surface area contributed by atoms with Crippen LogP contribution in [0, 0.1) is 6.92 Å². The number of ether oxygens (including phenoxy) is 1. The molecule has 2 aliphatic rings. The molecule has 0 bridgehead atoms. The summed E-state index contributed by atoms with van der Waals surface area (Å²) >= 11 is 0. The van der Waals surface area contributed by atoms with Crippen LogP contribution in [-0.2, 0) is 22.5 Å². The number of carbonyl (C=O) groups excluding carboxylic acids is 2. The molecule has 4 rings (SSSR count). The number of hydrogen-bond donors (Lipinski definition) is 0. The van der Waals surface area contributed by atoms with Crippen molar-refractivity contribution in [1.82, 2.24) is 15.0 Å². The fourth-order valence-electron chi connectivity index (χ4n) is 3.74. The zero-order valence-electron chi connectivity index (χ0n) is 15.4. The van der Waals surface area contributed by atoms with Crippen LogP contribution in [-0.4, -0.2) is 59.1 Å². The van der Waals surface area contributed by atoms with Crippen LogP contribution in [0.5, 0.6) is 0 Å². The summed E-state index contributed by atoms with van der Waals surface area (Å²) in [6.45, 7) is 4.35. The van der Waals surface area contributed by atoms with E-state index >= 15 is 0 Å². The number of aryl methyl sites for hydroxylation is 1. The van der Waals surface area contributed by atoms with Crippen molar-refractivity contribution in [2.75, 3.05) is 26.3 Å². The van der Waals surface area contributed by atoms with E-state index in [-0.39, 0.29) is 30.0 Å². The first-order valence-corrected chi connectivity index (χ1v) is 9.28. The Morgan fingerprint density at radius 1 is 1.22 bits per heavy atom. The van der Waals surface area contributed by atoms with Crippen molar-refractivity contribution >= 4 is 11.8 Å². The van der Waals surface area contributed by atoms with Gasteiger partial charge in [-0.2, -0.15) is 0 Å². The van der Waals surface area contributed by atoms with E-state index in [1.54, 1.807) is 17.9 Å². The summed E-state index contributed by atoms with van der Waals surface area (Å²) < 4.78 is 10.6. The first-order chi connectivity index (χ1) is 13.1. The number of benzene rings is 1. The van der Waals surface area contributed by atoms with E-state index in [0.717, 1.165) is 6.42 Å². The van der Waals surface area contributed by atoms with Gasteiger partial charge in [-0.15, -0.1) is 0 Å². The molecule has 3 heterocycles. The lowest BCUT2D eigenvalue weighted by Gasteiger charge is -2.36. The van der Waals surface area contributed by atoms with Crippen LogP contribution in [0.4, 0.5) is 0 Å². The van der Waals surface area contributed by atoms with Crippen LogP contribution >= 0.6 is 0 Å². The average Bonchev–Trinajstić information content (AvgIpc) is 3.14. The molecule has 142 valence electrons. The Morgan fingerprint density at radius 2 is 2.04 bits per heavy atom. The van der Waals surface area contributed by atoms with Gasteiger partial charge in [-0.25, -0.2) is 0 Å². The highest BCUT2D eigenvalue weighted by atomic mass is 16.5. The van der Waals surface area contributed by atoms with Crippen molar-refractivity contribution < 1.29 is 18.8 Å². The van der Waals surface area contributed by atoms with E-state index in [4.69, 9.17) is 9.26 Å². The van der Waals surface area contributed by atoms with Crippen LogP contribution in [0.15, 0.2) is 34.9 Å². The van der Waals surface area contributed by atoms with Crippen molar-refractivity contribution in [3.63, 3.8) is 0 Å². The van der Waals surface area contributed by atoms with Crippen LogP contribution in [0.3, 0.4) is 0 Å². The third kappa shape index (κ3) is 3.73. The van der Waals surface area contributed by atoms with Crippen molar-refractivity contribution in [2.24, 2.45) is 0 Å². The third-order valence-electron chi connectivity index (χ3n) is 5.23. The molecule has 0 N–H and O–H groups in total. The van der Waals surface area contributed by atoms with Crippen molar-refractivity contribution in [3.05, 3.63) is 52.9 Å². The van der Waals surface area contributed by atoms with E-state index in [2.05, 4.69) is 17.3 Å². The van der Waals surface area contributed by atoms with E-state index in [9.17, 15) is 9.59 Å². The Kier molecular flexibility index (Phi) is 4.94. The predicted octanol–water partition coefficient (Wildman–Crippen LogP) is 1.80. The molecule has 0 saturated carbocycles. The minimum absolute atomic E-state index is 0.0501. The first kappa shape index (κ1) is 17.7. The fraction of sp³-hybridized carbons (Fsp3) is 0.450. The first-order valence-electron chi connectivity index (χ1n) is 9.28. The maximum absolute atomic E-state index is 12.9. The van der Waals surface area contributed by atoms with Crippen molar-refractivity contribution in [1.29, 1.82) is 0 Å². The quantitative estimate of drug-likeness (QED) is 0.825. The number of amides is 2. The number of nitrogens with zero attached hydrogens (tertiary/aromatic N) is 3.